The Bertz CT molecular complexity index is 604. The van der Waals surface area contributed by atoms with Crippen LogP contribution in [0.2, 0.25) is 0 Å². The van der Waals surface area contributed by atoms with Gasteiger partial charge in [0.25, 0.3) is 5.91 Å². The zero-order valence-electron chi connectivity index (χ0n) is 14.8. The molecule has 8 heteroatoms. The van der Waals surface area contributed by atoms with Crippen molar-refractivity contribution in [1.82, 2.24) is 15.2 Å². The summed E-state index contributed by atoms with van der Waals surface area (Å²) in [4.78, 5) is 29.3. The molecule has 0 unspecified atom stereocenters. The van der Waals surface area contributed by atoms with Crippen LogP contribution in [-0.2, 0) is 14.3 Å². The molecule has 0 spiro atoms. The van der Waals surface area contributed by atoms with Crippen molar-refractivity contribution in [3.05, 3.63) is 30.1 Å². The van der Waals surface area contributed by atoms with Gasteiger partial charge in [0, 0.05) is 43.7 Å². The van der Waals surface area contributed by atoms with E-state index in [-0.39, 0.29) is 24.7 Å². The third kappa shape index (κ3) is 5.00. The van der Waals surface area contributed by atoms with Crippen LogP contribution in [0, 0.1) is 0 Å². The van der Waals surface area contributed by atoms with Gasteiger partial charge in [-0.25, -0.2) is 0 Å². The number of nitrogens with zero attached hydrogens (tertiary/aromatic N) is 2. The summed E-state index contributed by atoms with van der Waals surface area (Å²) >= 11 is 0. The van der Waals surface area contributed by atoms with E-state index in [1.54, 1.807) is 24.5 Å². The summed E-state index contributed by atoms with van der Waals surface area (Å²) in [6, 6.07) is 3.82. The monoisotopic (exact) mass is 362 g/mol. The van der Waals surface area contributed by atoms with E-state index in [4.69, 9.17) is 15.2 Å². The van der Waals surface area contributed by atoms with Crippen LogP contribution in [0.25, 0.3) is 0 Å². The first-order valence-corrected chi connectivity index (χ1v) is 9.06. The first kappa shape index (κ1) is 18.8. The van der Waals surface area contributed by atoms with Crippen molar-refractivity contribution in [2.75, 3.05) is 32.9 Å². The third-order valence-electron chi connectivity index (χ3n) is 4.89. The number of likely N-dealkylation sites (tertiary alicyclic amines) is 1. The van der Waals surface area contributed by atoms with Gasteiger partial charge in [0.05, 0.1) is 18.8 Å². The lowest BCUT2D eigenvalue weighted by Gasteiger charge is -2.38. The number of carbonyl (C=O) groups excluding carboxylic acids is 2. The number of rotatable bonds is 6. The Balaban J connectivity index is 1.48. The summed E-state index contributed by atoms with van der Waals surface area (Å²) < 4.78 is 11.2. The molecule has 2 atom stereocenters. The topological polar surface area (TPSA) is 107 Å². The molecule has 3 N–H and O–H groups in total. The van der Waals surface area contributed by atoms with Gasteiger partial charge in [-0.3, -0.25) is 14.6 Å². The Labute approximate surface area is 153 Å². The fourth-order valence-electron chi connectivity index (χ4n) is 3.49. The first-order valence-electron chi connectivity index (χ1n) is 9.06. The zero-order chi connectivity index (χ0) is 18.4. The van der Waals surface area contributed by atoms with Crippen molar-refractivity contribution < 1.29 is 19.1 Å². The lowest BCUT2D eigenvalue weighted by Crippen LogP contribution is -2.55. The molecule has 2 saturated heterocycles. The van der Waals surface area contributed by atoms with Gasteiger partial charge in [0.1, 0.15) is 6.61 Å². The maximum absolute atomic E-state index is 12.5. The molecule has 0 aromatic carbocycles. The second kappa shape index (κ2) is 9.07. The second-order valence-corrected chi connectivity index (χ2v) is 6.75. The summed E-state index contributed by atoms with van der Waals surface area (Å²) in [6.45, 7) is 2.53. The molecule has 1 aromatic rings. The first-order chi connectivity index (χ1) is 12.6. The van der Waals surface area contributed by atoms with Crippen molar-refractivity contribution in [3.63, 3.8) is 0 Å². The Morgan fingerprint density at radius 1 is 1.27 bits per heavy atom. The average molecular weight is 362 g/mol. The molecule has 1 aromatic heterocycles. The Hall–Kier alpha value is -2.03. The van der Waals surface area contributed by atoms with E-state index < -0.39 is 5.91 Å². The summed E-state index contributed by atoms with van der Waals surface area (Å²) in [7, 11) is 0. The minimum atomic E-state index is -0.460. The van der Waals surface area contributed by atoms with Crippen LogP contribution in [0.15, 0.2) is 24.5 Å². The second-order valence-electron chi connectivity index (χ2n) is 6.75. The molecule has 2 aliphatic rings. The van der Waals surface area contributed by atoms with Gasteiger partial charge in [-0.1, -0.05) is 0 Å². The highest BCUT2D eigenvalue weighted by molar-refractivity contribution is 5.94. The van der Waals surface area contributed by atoms with E-state index in [9.17, 15) is 9.59 Å². The Morgan fingerprint density at radius 2 is 2.00 bits per heavy atom. The normalized spacial score (nSPS) is 24.4. The largest absolute Gasteiger partial charge is 0.380 e. The average Bonchev–Trinajstić information content (AvgIpc) is 2.68. The summed E-state index contributed by atoms with van der Waals surface area (Å²) in [6.07, 6.45) is 5.68. The molecule has 0 bridgehead atoms. The number of carbonyl (C=O) groups is 2. The lowest BCUT2D eigenvalue weighted by molar-refractivity contribution is -0.128. The molecule has 3 rings (SSSR count). The predicted octanol–water partition coefficient (Wildman–Crippen LogP) is -0.0648. The molecule has 142 valence electrons. The van der Waals surface area contributed by atoms with Gasteiger partial charge in [0.2, 0.25) is 5.91 Å². The van der Waals surface area contributed by atoms with Crippen molar-refractivity contribution in [2.24, 2.45) is 5.73 Å². The molecule has 3 heterocycles. The van der Waals surface area contributed by atoms with E-state index in [1.807, 2.05) is 4.90 Å². The summed E-state index contributed by atoms with van der Waals surface area (Å²) in [5.74, 6) is -0.410. The van der Waals surface area contributed by atoms with Gasteiger partial charge in [-0.05, 0) is 31.4 Å². The predicted molar refractivity (Wildman–Crippen MR) is 94.5 cm³/mol. The number of nitrogens with one attached hydrogen (secondary N) is 1. The maximum atomic E-state index is 12.5. The number of piperidine rings is 1. The highest BCUT2D eigenvalue weighted by Crippen LogP contribution is 2.18. The Kier molecular flexibility index (Phi) is 6.54. The van der Waals surface area contributed by atoms with E-state index in [0.717, 1.165) is 19.3 Å². The van der Waals surface area contributed by atoms with Gasteiger partial charge >= 0.3 is 0 Å². The highest BCUT2D eigenvalue weighted by Gasteiger charge is 2.31. The molecule has 2 fully saturated rings. The number of hydrogen-bond donors (Lipinski definition) is 2. The van der Waals surface area contributed by atoms with Crippen LogP contribution in [0.3, 0.4) is 0 Å². The number of amides is 2. The number of ether oxygens (including phenoxy) is 2. The summed E-state index contributed by atoms with van der Waals surface area (Å²) in [5, 5.41) is 3.58. The number of aromatic nitrogens is 1. The maximum Gasteiger partial charge on any atom is 0.253 e. The van der Waals surface area contributed by atoms with Gasteiger partial charge in [-0.2, -0.15) is 0 Å². The lowest BCUT2D eigenvalue weighted by atomic mass is 10.00. The van der Waals surface area contributed by atoms with E-state index in [1.165, 1.54) is 0 Å². The molecule has 2 aliphatic heterocycles. The van der Waals surface area contributed by atoms with Crippen LogP contribution in [-0.4, -0.2) is 72.8 Å². The number of nitrogens with two attached hydrogens (primary N) is 1. The molecule has 0 radical (unpaired) electrons. The van der Waals surface area contributed by atoms with Gasteiger partial charge in [0.15, 0.2) is 0 Å². The van der Waals surface area contributed by atoms with Crippen LogP contribution in [0.4, 0.5) is 0 Å². The molecule has 26 heavy (non-hydrogen) atoms. The minimum Gasteiger partial charge on any atom is -0.380 e. The van der Waals surface area contributed by atoms with Crippen LogP contribution >= 0.6 is 0 Å². The number of hydrogen-bond acceptors (Lipinski definition) is 6. The SMILES string of the molecule is NC(=O)CO[C@@H]1CCOC[C@@H]1NC1CCN(C(=O)c2ccncc2)CC1. The van der Waals surface area contributed by atoms with Crippen molar-refractivity contribution in [1.29, 1.82) is 0 Å². The fraction of sp³-hybridized carbons (Fsp3) is 0.611. The minimum absolute atomic E-state index is 0.0375. The van der Waals surface area contributed by atoms with Gasteiger partial charge < -0.3 is 25.4 Å². The number of pyridine rings is 1. The molecule has 2 amide bonds. The standard InChI is InChI=1S/C18H26N4O4/c19-17(23)12-26-16-5-10-25-11-15(16)21-14-3-8-22(9-4-14)18(24)13-1-6-20-7-2-13/h1-2,6-7,14-16,21H,3-5,8-12H2,(H2,19,23)/t15-,16+/m0/s1. The van der Waals surface area contributed by atoms with Gasteiger partial charge in [-0.15, -0.1) is 0 Å². The molecule has 0 saturated carbocycles. The number of primary amides is 1. The quantitative estimate of drug-likeness (QED) is 0.734. The molecule has 8 nitrogen and oxygen atoms in total. The fourth-order valence-corrected chi connectivity index (χ4v) is 3.49. The zero-order valence-corrected chi connectivity index (χ0v) is 14.8. The van der Waals surface area contributed by atoms with Crippen LogP contribution < -0.4 is 11.1 Å². The van der Waals surface area contributed by atoms with Crippen LogP contribution in [0.5, 0.6) is 0 Å². The third-order valence-corrected chi connectivity index (χ3v) is 4.89. The molecule has 0 aliphatic carbocycles. The van der Waals surface area contributed by atoms with E-state index in [0.29, 0.717) is 37.9 Å². The van der Waals surface area contributed by atoms with E-state index >= 15 is 0 Å². The summed E-state index contributed by atoms with van der Waals surface area (Å²) in [5.41, 5.74) is 5.85. The molecular weight excluding hydrogens is 336 g/mol. The van der Waals surface area contributed by atoms with Crippen molar-refractivity contribution >= 4 is 11.8 Å². The highest BCUT2D eigenvalue weighted by atomic mass is 16.5. The van der Waals surface area contributed by atoms with Crippen LogP contribution in [0.1, 0.15) is 29.6 Å². The Morgan fingerprint density at radius 3 is 2.69 bits per heavy atom. The molecular formula is C18H26N4O4. The van der Waals surface area contributed by atoms with E-state index in [2.05, 4.69) is 10.3 Å². The smallest absolute Gasteiger partial charge is 0.253 e. The van der Waals surface area contributed by atoms with Crippen molar-refractivity contribution in [2.45, 2.75) is 37.5 Å². The van der Waals surface area contributed by atoms with Crippen molar-refractivity contribution in [3.8, 4) is 0 Å².